The molecule has 1 heterocycles. The lowest BCUT2D eigenvalue weighted by molar-refractivity contribution is 0.628. The van der Waals surface area contributed by atoms with Crippen molar-refractivity contribution >= 4 is 27.6 Å². The first-order valence-electron chi connectivity index (χ1n) is 6.69. The standard InChI is InChI=1S/C18H12FNO/c19-12-6-7-16(20)14(10-12)11-5-8-18-15(9-11)13-3-1-2-4-17(13)21-18/h1-10H,20H2. The molecule has 0 aliphatic rings. The highest BCUT2D eigenvalue weighted by molar-refractivity contribution is 6.06. The minimum atomic E-state index is -0.295. The van der Waals surface area contributed by atoms with E-state index < -0.39 is 0 Å². The van der Waals surface area contributed by atoms with E-state index in [0.29, 0.717) is 11.3 Å². The predicted octanol–water partition coefficient (Wildman–Crippen LogP) is 4.97. The lowest BCUT2D eigenvalue weighted by atomic mass is 10.0. The lowest BCUT2D eigenvalue weighted by Crippen LogP contribution is -1.90. The zero-order valence-corrected chi connectivity index (χ0v) is 11.1. The molecule has 4 aromatic rings. The maximum atomic E-state index is 13.5. The number of furan rings is 1. The largest absolute Gasteiger partial charge is 0.456 e. The molecule has 3 aromatic carbocycles. The first-order chi connectivity index (χ1) is 10.2. The fourth-order valence-corrected chi connectivity index (χ4v) is 2.67. The van der Waals surface area contributed by atoms with Crippen molar-refractivity contribution in [1.29, 1.82) is 0 Å². The first kappa shape index (κ1) is 12.0. The molecular formula is C18H12FNO. The Morgan fingerprint density at radius 3 is 2.52 bits per heavy atom. The third kappa shape index (κ3) is 1.86. The van der Waals surface area contributed by atoms with Gasteiger partial charge in [-0.25, -0.2) is 4.39 Å². The Balaban J connectivity index is 2.02. The molecule has 0 fully saturated rings. The molecule has 0 radical (unpaired) electrons. The second-order valence-electron chi connectivity index (χ2n) is 5.04. The monoisotopic (exact) mass is 277 g/mol. The van der Waals surface area contributed by atoms with Gasteiger partial charge in [-0.3, -0.25) is 0 Å². The summed E-state index contributed by atoms with van der Waals surface area (Å²) in [6.45, 7) is 0. The van der Waals surface area contributed by atoms with Gasteiger partial charge in [-0.1, -0.05) is 24.3 Å². The predicted molar refractivity (Wildman–Crippen MR) is 83.5 cm³/mol. The Morgan fingerprint density at radius 2 is 1.62 bits per heavy atom. The molecule has 21 heavy (non-hydrogen) atoms. The molecule has 3 heteroatoms. The quantitative estimate of drug-likeness (QED) is 0.499. The van der Waals surface area contributed by atoms with Crippen LogP contribution in [0.3, 0.4) is 0 Å². The molecule has 0 spiro atoms. The summed E-state index contributed by atoms with van der Waals surface area (Å²) in [5.41, 5.74) is 9.76. The second-order valence-corrected chi connectivity index (χ2v) is 5.04. The van der Waals surface area contributed by atoms with Gasteiger partial charge in [-0.15, -0.1) is 0 Å². The van der Waals surface area contributed by atoms with Crippen LogP contribution in [0.1, 0.15) is 0 Å². The van der Waals surface area contributed by atoms with E-state index in [4.69, 9.17) is 10.2 Å². The van der Waals surface area contributed by atoms with Crippen molar-refractivity contribution in [2.45, 2.75) is 0 Å². The third-order valence-corrected chi connectivity index (χ3v) is 3.70. The summed E-state index contributed by atoms with van der Waals surface area (Å²) < 4.78 is 19.3. The Bertz CT molecular complexity index is 971. The molecular weight excluding hydrogens is 265 g/mol. The Labute approximate surface area is 120 Å². The van der Waals surface area contributed by atoms with Crippen LogP contribution in [0.4, 0.5) is 10.1 Å². The molecule has 0 saturated heterocycles. The van der Waals surface area contributed by atoms with Gasteiger partial charge in [0.2, 0.25) is 0 Å². The molecule has 2 N–H and O–H groups in total. The summed E-state index contributed by atoms with van der Waals surface area (Å²) >= 11 is 0. The van der Waals surface area contributed by atoms with Crippen LogP contribution < -0.4 is 5.73 Å². The molecule has 0 saturated carbocycles. The molecule has 0 aliphatic heterocycles. The SMILES string of the molecule is Nc1ccc(F)cc1-c1ccc2oc3ccccc3c2c1. The van der Waals surface area contributed by atoms with Gasteiger partial charge in [-0.05, 0) is 42.0 Å². The first-order valence-corrected chi connectivity index (χ1v) is 6.69. The highest BCUT2D eigenvalue weighted by Gasteiger charge is 2.10. The number of nitrogen functional groups attached to an aromatic ring is 1. The van der Waals surface area contributed by atoms with Crippen LogP contribution in [0.5, 0.6) is 0 Å². The van der Waals surface area contributed by atoms with Crippen molar-refractivity contribution in [1.82, 2.24) is 0 Å². The minimum Gasteiger partial charge on any atom is -0.456 e. The molecule has 0 unspecified atom stereocenters. The fourth-order valence-electron chi connectivity index (χ4n) is 2.67. The van der Waals surface area contributed by atoms with Crippen LogP contribution >= 0.6 is 0 Å². The average molecular weight is 277 g/mol. The van der Waals surface area contributed by atoms with E-state index in [1.165, 1.54) is 12.1 Å². The normalized spacial score (nSPS) is 11.3. The maximum Gasteiger partial charge on any atom is 0.135 e. The van der Waals surface area contributed by atoms with Crippen LogP contribution in [-0.4, -0.2) is 0 Å². The van der Waals surface area contributed by atoms with Crippen LogP contribution in [-0.2, 0) is 0 Å². The van der Waals surface area contributed by atoms with E-state index in [1.54, 1.807) is 6.07 Å². The molecule has 102 valence electrons. The number of fused-ring (bicyclic) bond motifs is 3. The van der Waals surface area contributed by atoms with Crippen LogP contribution in [0, 0.1) is 5.82 Å². The molecule has 1 aromatic heterocycles. The van der Waals surface area contributed by atoms with Gasteiger partial charge in [0.05, 0.1) is 0 Å². The van der Waals surface area contributed by atoms with E-state index in [2.05, 4.69) is 0 Å². The van der Waals surface area contributed by atoms with E-state index in [-0.39, 0.29) is 5.82 Å². The number of para-hydroxylation sites is 1. The van der Waals surface area contributed by atoms with Crippen molar-refractivity contribution in [3.05, 3.63) is 66.5 Å². The van der Waals surface area contributed by atoms with E-state index in [0.717, 1.165) is 27.5 Å². The molecule has 2 nitrogen and oxygen atoms in total. The van der Waals surface area contributed by atoms with Crippen LogP contribution in [0.25, 0.3) is 33.1 Å². The highest BCUT2D eigenvalue weighted by Crippen LogP contribution is 2.34. The molecule has 0 amide bonds. The summed E-state index contributed by atoms with van der Waals surface area (Å²) in [4.78, 5) is 0. The van der Waals surface area contributed by atoms with Gasteiger partial charge >= 0.3 is 0 Å². The highest BCUT2D eigenvalue weighted by atomic mass is 19.1. The third-order valence-electron chi connectivity index (χ3n) is 3.70. The summed E-state index contributed by atoms with van der Waals surface area (Å²) in [6, 6.07) is 18.1. The molecule has 0 bridgehead atoms. The fraction of sp³-hybridized carbons (Fsp3) is 0. The Hall–Kier alpha value is -2.81. The minimum absolute atomic E-state index is 0.295. The number of hydrogen-bond donors (Lipinski definition) is 1. The molecule has 0 aliphatic carbocycles. The summed E-state index contributed by atoms with van der Waals surface area (Å²) in [5, 5.41) is 2.05. The smallest absolute Gasteiger partial charge is 0.135 e. The number of hydrogen-bond acceptors (Lipinski definition) is 2. The van der Waals surface area contributed by atoms with E-state index in [9.17, 15) is 4.39 Å². The van der Waals surface area contributed by atoms with Crippen LogP contribution in [0.2, 0.25) is 0 Å². The van der Waals surface area contributed by atoms with Gasteiger partial charge in [0, 0.05) is 22.0 Å². The Kier molecular flexibility index (Phi) is 2.48. The zero-order valence-electron chi connectivity index (χ0n) is 11.1. The van der Waals surface area contributed by atoms with E-state index >= 15 is 0 Å². The van der Waals surface area contributed by atoms with Gasteiger partial charge in [0.25, 0.3) is 0 Å². The summed E-state index contributed by atoms with van der Waals surface area (Å²) in [6.07, 6.45) is 0. The van der Waals surface area contributed by atoms with Gasteiger partial charge in [0.15, 0.2) is 0 Å². The molecule has 0 atom stereocenters. The van der Waals surface area contributed by atoms with Gasteiger partial charge < -0.3 is 10.2 Å². The number of benzene rings is 3. The maximum absolute atomic E-state index is 13.5. The molecule has 4 rings (SSSR count). The van der Waals surface area contributed by atoms with Gasteiger partial charge in [0.1, 0.15) is 17.0 Å². The average Bonchev–Trinajstić information content (AvgIpc) is 2.87. The topological polar surface area (TPSA) is 39.2 Å². The van der Waals surface area contributed by atoms with Crippen LogP contribution in [0.15, 0.2) is 65.1 Å². The number of rotatable bonds is 1. The van der Waals surface area contributed by atoms with Crippen molar-refractivity contribution in [2.24, 2.45) is 0 Å². The number of nitrogens with two attached hydrogens (primary N) is 1. The van der Waals surface area contributed by atoms with E-state index in [1.807, 2.05) is 42.5 Å². The van der Waals surface area contributed by atoms with Crippen molar-refractivity contribution in [2.75, 3.05) is 5.73 Å². The zero-order chi connectivity index (χ0) is 14.4. The summed E-state index contributed by atoms with van der Waals surface area (Å²) in [5.74, 6) is -0.295. The second kappa shape index (κ2) is 4.35. The Morgan fingerprint density at radius 1 is 0.810 bits per heavy atom. The number of anilines is 1. The van der Waals surface area contributed by atoms with Crippen molar-refractivity contribution < 1.29 is 8.81 Å². The lowest BCUT2D eigenvalue weighted by Gasteiger charge is -2.06. The number of halogens is 1. The van der Waals surface area contributed by atoms with Crippen molar-refractivity contribution in [3.8, 4) is 11.1 Å². The summed E-state index contributed by atoms with van der Waals surface area (Å²) in [7, 11) is 0. The van der Waals surface area contributed by atoms with Gasteiger partial charge in [-0.2, -0.15) is 0 Å². The van der Waals surface area contributed by atoms with Crippen molar-refractivity contribution in [3.63, 3.8) is 0 Å².